The van der Waals surface area contributed by atoms with Crippen molar-refractivity contribution < 1.29 is 4.74 Å². The van der Waals surface area contributed by atoms with E-state index in [0.29, 0.717) is 17.2 Å². The Bertz CT molecular complexity index is 1610. The molecule has 0 saturated carbocycles. The number of anilines is 3. The lowest BCUT2D eigenvalue weighted by molar-refractivity contribution is 0.409. The molecule has 0 amide bonds. The van der Waals surface area contributed by atoms with E-state index in [1.807, 2.05) is 54.9 Å². The maximum Gasteiger partial charge on any atom is 0.165 e. The first-order valence-corrected chi connectivity index (χ1v) is 13.5. The zero-order chi connectivity index (χ0) is 27.3. The summed E-state index contributed by atoms with van der Waals surface area (Å²) in [4.78, 5) is 19.3. The van der Waals surface area contributed by atoms with Gasteiger partial charge in [0.05, 0.1) is 30.0 Å². The SMILES string of the molecule is COc1ccccc1CCc1ccc(-c2cnn3ccc(N(N=O)c4ccccc4N4CCNCC4)nc23)cc1. The third kappa shape index (κ3) is 5.11. The molecule has 2 aromatic heterocycles. The van der Waals surface area contributed by atoms with Gasteiger partial charge in [-0.05, 0) is 47.7 Å². The maximum atomic E-state index is 12.2. The van der Waals surface area contributed by atoms with E-state index in [-0.39, 0.29) is 0 Å². The predicted octanol–water partition coefficient (Wildman–Crippen LogP) is 5.42. The fourth-order valence-corrected chi connectivity index (χ4v) is 5.25. The number of rotatable bonds is 9. The molecule has 1 saturated heterocycles. The molecule has 0 unspecified atom stereocenters. The van der Waals surface area contributed by atoms with Gasteiger partial charge in [0.15, 0.2) is 11.5 Å². The number of aryl methyl sites for hydroxylation is 2. The molecule has 5 aromatic rings. The number of nitrogens with one attached hydrogen (secondary N) is 1. The van der Waals surface area contributed by atoms with Gasteiger partial charge in [-0.3, -0.25) is 0 Å². The van der Waals surface area contributed by atoms with Crippen LogP contribution in [0.5, 0.6) is 5.75 Å². The van der Waals surface area contributed by atoms with Crippen molar-refractivity contribution in [3.63, 3.8) is 0 Å². The summed E-state index contributed by atoms with van der Waals surface area (Å²) in [7, 11) is 1.71. The molecule has 0 radical (unpaired) electrons. The van der Waals surface area contributed by atoms with Crippen LogP contribution in [0.15, 0.2) is 96.5 Å². The van der Waals surface area contributed by atoms with Crippen molar-refractivity contribution in [1.29, 1.82) is 0 Å². The molecule has 1 aliphatic rings. The van der Waals surface area contributed by atoms with E-state index in [0.717, 1.165) is 61.6 Å². The minimum Gasteiger partial charge on any atom is -0.496 e. The second kappa shape index (κ2) is 11.5. The minimum atomic E-state index is 0.445. The van der Waals surface area contributed by atoms with Crippen molar-refractivity contribution in [2.24, 2.45) is 5.29 Å². The quantitative estimate of drug-likeness (QED) is 0.200. The summed E-state index contributed by atoms with van der Waals surface area (Å²) >= 11 is 0. The maximum absolute atomic E-state index is 12.2. The standard InChI is InChI=1S/C31H31N7O2/c1-40-29-9-5-2-6-25(29)15-12-23-10-13-24(14-11-23)26-22-33-37-19-16-30(34-31(26)37)38(35-39)28-8-4-3-7-27(28)36-20-17-32-18-21-36/h2-11,13-14,16,19,22,32H,12,15,17-18,20-21H2,1H3. The highest BCUT2D eigenvalue weighted by Gasteiger charge is 2.21. The molecule has 0 bridgehead atoms. The highest BCUT2D eigenvalue weighted by molar-refractivity contribution is 5.80. The number of aromatic nitrogens is 3. The number of nitroso groups, excluding NO2 is 1. The van der Waals surface area contributed by atoms with Crippen LogP contribution in [0.25, 0.3) is 16.8 Å². The van der Waals surface area contributed by atoms with Crippen LogP contribution in [0, 0.1) is 4.91 Å². The number of hydrogen-bond acceptors (Lipinski definition) is 7. The molecule has 202 valence electrons. The first kappa shape index (κ1) is 25.5. The van der Waals surface area contributed by atoms with E-state index < -0.39 is 0 Å². The molecule has 3 aromatic carbocycles. The van der Waals surface area contributed by atoms with Gasteiger partial charge in [-0.15, -0.1) is 4.91 Å². The largest absolute Gasteiger partial charge is 0.496 e. The fourth-order valence-electron chi connectivity index (χ4n) is 5.25. The molecule has 3 heterocycles. The van der Waals surface area contributed by atoms with Gasteiger partial charge < -0.3 is 15.0 Å². The lowest BCUT2D eigenvalue weighted by Gasteiger charge is -2.32. The second-order valence-electron chi connectivity index (χ2n) is 9.74. The number of piperazine rings is 1. The number of ether oxygens (including phenoxy) is 1. The van der Waals surface area contributed by atoms with Gasteiger partial charge in [-0.1, -0.05) is 54.6 Å². The number of benzene rings is 3. The second-order valence-corrected chi connectivity index (χ2v) is 9.74. The lowest BCUT2D eigenvalue weighted by atomic mass is 10.0. The third-order valence-electron chi connectivity index (χ3n) is 7.36. The Morgan fingerprint density at radius 1 is 0.950 bits per heavy atom. The van der Waals surface area contributed by atoms with Crippen LogP contribution in [0.3, 0.4) is 0 Å². The van der Waals surface area contributed by atoms with Crippen LogP contribution in [0.1, 0.15) is 11.1 Å². The molecular weight excluding hydrogens is 502 g/mol. The highest BCUT2D eigenvalue weighted by Crippen LogP contribution is 2.35. The van der Waals surface area contributed by atoms with Gasteiger partial charge in [0.1, 0.15) is 5.75 Å². The normalized spacial score (nSPS) is 13.4. The van der Waals surface area contributed by atoms with Crippen LogP contribution >= 0.6 is 0 Å². The van der Waals surface area contributed by atoms with E-state index in [1.165, 1.54) is 16.1 Å². The van der Waals surface area contributed by atoms with Crippen molar-refractivity contribution in [3.8, 4) is 16.9 Å². The summed E-state index contributed by atoms with van der Waals surface area (Å²) in [5, 5.41) is 12.6. The van der Waals surface area contributed by atoms with E-state index >= 15 is 0 Å². The van der Waals surface area contributed by atoms with Gasteiger partial charge in [0.25, 0.3) is 0 Å². The Hall–Kier alpha value is -4.76. The monoisotopic (exact) mass is 533 g/mol. The molecule has 0 aliphatic carbocycles. The minimum absolute atomic E-state index is 0.445. The van der Waals surface area contributed by atoms with Gasteiger partial charge in [0, 0.05) is 44.0 Å². The Morgan fingerprint density at radius 2 is 1.73 bits per heavy atom. The summed E-state index contributed by atoms with van der Waals surface area (Å²) in [6, 6.07) is 26.2. The van der Waals surface area contributed by atoms with Crippen LogP contribution in [-0.2, 0) is 12.8 Å². The zero-order valence-corrected chi connectivity index (χ0v) is 22.4. The third-order valence-corrected chi connectivity index (χ3v) is 7.36. The zero-order valence-electron chi connectivity index (χ0n) is 22.4. The summed E-state index contributed by atoms with van der Waals surface area (Å²) < 4.78 is 7.21. The highest BCUT2D eigenvalue weighted by atomic mass is 16.5. The first-order chi connectivity index (χ1) is 19.7. The Balaban J connectivity index is 1.27. The van der Waals surface area contributed by atoms with Crippen molar-refractivity contribution in [2.45, 2.75) is 12.8 Å². The average molecular weight is 534 g/mol. The van der Waals surface area contributed by atoms with Crippen LogP contribution in [0.4, 0.5) is 17.2 Å². The topological polar surface area (TPSA) is 87.4 Å². The van der Waals surface area contributed by atoms with Gasteiger partial charge in [-0.25, -0.2) is 9.50 Å². The van der Waals surface area contributed by atoms with Crippen LogP contribution < -0.4 is 20.0 Å². The number of methoxy groups -OCH3 is 1. The molecule has 0 spiro atoms. The van der Waals surface area contributed by atoms with Gasteiger partial charge in [-0.2, -0.15) is 10.1 Å². The van der Waals surface area contributed by atoms with E-state index in [4.69, 9.17) is 9.72 Å². The summed E-state index contributed by atoms with van der Waals surface area (Å²) in [5.41, 5.74) is 6.65. The van der Waals surface area contributed by atoms with E-state index in [9.17, 15) is 4.91 Å². The van der Waals surface area contributed by atoms with Crippen LogP contribution in [0.2, 0.25) is 0 Å². The van der Waals surface area contributed by atoms with Crippen molar-refractivity contribution >= 4 is 22.8 Å². The molecule has 9 heteroatoms. The summed E-state index contributed by atoms with van der Waals surface area (Å²) in [6.07, 6.45) is 5.43. The molecule has 1 fully saturated rings. The molecule has 40 heavy (non-hydrogen) atoms. The van der Waals surface area contributed by atoms with E-state index in [2.05, 4.69) is 50.9 Å². The molecule has 1 N–H and O–H groups in total. The average Bonchev–Trinajstić information content (AvgIpc) is 3.45. The van der Waals surface area contributed by atoms with Crippen molar-refractivity contribution in [1.82, 2.24) is 19.9 Å². The Morgan fingerprint density at radius 3 is 2.52 bits per heavy atom. The molecule has 0 atom stereocenters. The number of nitrogens with zero attached hydrogens (tertiary/aromatic N) is 6. The lowest BCUT2D eigenvalue weighted by Crippen LogP contribution is -2.43. The first-order valence-electron chi connectivity index (χ1n) is 13.5. The Labute approximate surface area is 233 Å². The van der Waals surface area contributed by atoms with E-state index in [1.54, 1.807) is 17.7 Å². The molecule has 9 nitrogen and oxygen atoms in total. The van der Waals surface area contributed by atoms with Gasteiger partial charge in [0.2, 0.25) is 0 Å². The van der Waals surface area contributed by atoms with Crippen molar-refractivity contribution in [2.75, 3.05) is 43.2 Å². The smallest absolute Gasteiger partial charge is 0.165 e. The molecule has 1 aliphatic heterocycles. The number of fused-ring (bicyclic) bond motifs is 1. The molecular formula is C31H31N7O2. The number of hydrogen-bond donors (Lipinski definition) is 1. The van der Waals surface area contributed by atoms with Crippen molar-refractivity contribution in [3.05, 3.63) is 107 Å². The Kier molecular flexibility index (Phi) is 7.37. The fraction of sp³-hybridized carbons (Fsp3) is 0.226. The van der Waals surface area contributed by atoms with Crippen LogP contribution in [-0.4, -0.2) is 47.9 Å². The van der Waals surface area contributed by atoms with Gasteiger partial charge >= 0.3 is 0 Å². The summed E-state index contributed by atoms with van der Waals surface area (Å²) in [6.45, 7) is 3.51. The molecule has 6 rings (SSSR count). The number of para-hydroxylation sites is 3. The predicted molar refractivity (Wildman–Crippen MR) is 158 cm³/mol. The summed E-state index contributed by atoms with van der Waals surface area (Å²) in [5.74, 6) is 1.36.